The van der Waals surface area contributed by atoms with Gasteiger partial charge < -0.3 is 4.98 Å². The van der Waals surface area contributed by atoms with Crippen LogP contribution in [-0.2, 0) is 0 Å². The smallest absolute Gasteiger partial charge is 0.0951 e. The lowest BCUT2D eigenvalue weighted by Gasteiger charge is -2.05. The minimum Gasteiger partial charge on any atom is -0.360 e. The lowest BCUT2D eigenvalue weighted by molar-refractivity contribution is 1.28. The lowest BCUT2D eigenvalue weighted by Crippen LogP contribution is -2.00. The number of benzene rings is 1. The second-order valence-corrected chi connectivity index (χ2v) is 4.27. The van der Waals surface area contributed by atoms with Gasteiger partial charge in [0.05, 0.1) is 22.6 Å². The van der Waals surface area contributed by atoms with E-state index < -0.39 is 0 Å². The molecule has 0 radical (unpaired) electrons. The van der Waals surface area contributed by atoms with Gasteiger partial charge in [-0.15, -0.1) is 0 Å². The third-order valence-corrected chi connectivity index (χ3v) is 2.96. The summed E-state index contributed by atoms with van der Waals surface area (Å²) in [6.07, 6.45) is 3.67. The van der Waals surface area contributed by atoms with Crippen molar-refractivity contribution in [2.24, 2.45) is 5.10 Å². The molecular formula is C15H14N4. The monoisotopic (exact) mass is 250 g/mol. The first kappa shape index (κ1) is 11.5. The Hall–Kier alpha value is -2.62. The molecule has 19 heavy (non-hydrogen) atoms. The summed E-state index contributed by atoms with van der Waals surface area (Å²) < 4.78 is 0. The number of para-hydroxylation sites is 1. The van der Waals surface area contributed by atoms with E-state index in [4.69, 9.17) is 0 Å². The number of hydrogen-bond donors (Lipinski definition) is 2. The van der Waals surface area contributed by atoms with E-state index in [1.165, 1.54) is 0 Å². The number of fused-ring (bicyclic) bond motifs is 1. The highest BCUT2D eigenvalue weighted by atomic mass is 15.3. The summed E-state index contributed by atoms with van der Waals surface area (Å²) in [5.74, 6) is 0. The Balaban J connectivity index is 1.92. The average molecular weight is 250 g/mol. The van der Waals surface area contributed by atoms with Crippen molar-refractivity contribution in [3.05, 3.63) is 60.6 Å². The molecule has 0 aliphatic rings. The molecular weight excluding hydrogens is 236 g/mol. The normalized spacial score (nSPS) is 11.7. The van der Waals surface area contributed by atoms with E-state index in [1.807, 2.05) is 55.6 Å². The Bertz CT molecular complexity index is 709. The third-order valence-electron chi connectivity index (χ3n) is 2.96. The van der Waals surface area contributed by atoms with Crippen LogP contribution in [0.5, 0.6) is 0 Å². The van der Waals surface area contributed by atoms with E-state index in [0.29, 0.717) is 0 Å². The predicted octanol–water partition coefficient (Wildman–Crippen LogP) is 3.40. The van der Waals surface area contributed by atoms with Crippen molar-refractivity contribution in [1.82, 2.24) is 9.97 Å². The number of H-pyrrole nitrogens is 1. The van der Waals surface area contributed by atoms with Gasteiger partial charge in [0.1, 0.15) is 0 Å². The van der Waals surface area contributed by atoms with Crippen molar-refractivity contribution >= 4 is 22.3 Å². The molecule has 4 heteroatoms. The molecule has 0 aliphatic carbocycles. The summed E-state index contributed by atoms with van der Waals surface area (Å²) in [6, 6.07) is 13.9. The standard InChI is InChI=1S/C15H14N4/c1-11(13-8-4-9-16-13)18-19-14-7-2-5-12-6-3-10-17-15(12)14/h2-10,16,19H,1H3/b18-11+. The SMILES string of the molecule is C/C(=N\Nc1cccc2cccnc12)c1ccc[nH]1. The Labute approximate surface area is 111 Å². The first-order valence-corrected chi connectivity index (χ1v) is 6.12. The molecule has 0 spiro atoms. The fourth-order valence-corrected chi connectivity index (χ4v) is 1.95. The van der Waals surface area contributed by atoms with Crippen LogP contribution in [0.4, 0.5) is 5.69 Å². The number of rotatable bonds is 3. The van der Waals surface area contributed by atoms with Crippen LogP contribution in [0, 0.1) is 0 Å². The second-order valence-electron chi connectivity index (χ2n) is 4.27. The zero-order chi connectivity index (χ0) is 13.1. The number of aromatic amines is 1. The van der Waals surface area contributed by atoms with Gasteiger partial charge in [-0.1, -0.05) is 18.2 Å². The maximum atomic E-state index is 4.38. The van der Waals surface area contributed by atoms with E-state index in [0.717, 1.165) is 28.0 Å². The van der Waals surface area contributed by atoms with Gasteiger partial charge in [0, 0.05) is 17.8 Å². The fraction of sp³-hybridized carbons (Fsp3) is 0.0667. The van der Waals surface area contributed by atoms with Gasteiger partial charge in [-0.2, -0.15) is 5.10 Å². The molecule has 2 aromatic heterocycles. The van der Waals surface area contributed by atoms with Crippen molar-refractivity contribution < 1.29 is 0 Å². The van der Waals surface area contributed by atoms with Crippen LogP contribution in [-0.4, -0.2) is 15.7 Å². The highest BCUT2D eigenvalue weighted by molar-refractivity contribution is 5.98. The Morgan fingerprint density at radius 2 is 2.05 bits per heavy atom. The van der Waals surface area contributed by atoms with E-state index >= 15 is 0 Å². The van der Waals surface area contributed by atoms with Crippen LogP contribution in [0.15, 0.2) is 60.0 Å². The molecule has 4 nitrogen and oxygen atoms in total. The minimum atomic E-state index is 0.901. The van der Waals surface area contributed by atoms with Crippen LogP contribution in [0.2, 0.25) is 0 Å². The van der Waals surface area contributed by atoms with E-state index in [-0.39, 0.29) is 0 Å². The molecule has 3 aromatic rings. The molecule has 0 saturated heterocycles. The van der Waals surface area contributed by atoms with Crippen molar-refractivity contribution in [3.63, 3.8) is 0 Å². The van der Waals surface area contributed by atoms with Gasteiger partial charge in [-0.05, 0) is 31.2 Å². The van der Waals surface area contributed by atoms with E-state index in [9.17, 15) is 0 Å². The maximum absolute atomic E-state index is 4.38. The Kier molecular flexibility index (Phi) is 2.98. The predicted molar refractivity (Wildman–Crippen MR) is 78.4 cm³/mol. The topological polar surface area (TPSA) is 53.1 Å². The van der Waals surface area contributed by atoms with Crippen molar-refractivity contribution in [3.8, 4) is 0 Å². The summed E-state index contributed by atoms with van der Waals surface area (Å²) >= 11 is 0. The van der Waals surface area contributed by atoms with Crippen LogP contribution in [0.1, 0.15) is 12.6 Å². The van der Waals surface area contributed by atoms with Gasteiger partial charge in [-0.3, -0.25) is 10.4 Å². The summed E-state index contributed by atoms with van der Waals surface area (Å²) in [6.45, 7) is 1.96. The first-order valence-electron chi connectivity index (χ1n) is 6.12. The zero-order valence-corrected chi connectivity index (χ0v) is 10.6. The molecule has 3 rings (SSSR count). The van der Waals surface area contributed by atoms with Crippen LogP contribution in [0.25, 0.3) is 10.9 Å². The van der Waals surface area contributed by atoms with Gasteiger partial charge in [0.15, 0.2) is 0 Å². The number of nitrogens with zero attached hydrogens (tertiary/aromatic N) is 2. The molecule has 0 saturated carbocycles. The number of pyridine rings is 1. The molecule has 2 N–H and O–H groups in total. The molecule has 2 heterocycles. The van der Waals surface area contributed by atoms with Gasteiger partial charge in [0.2, 0.25) is 0 Å². The number of hydrogen-bond acceptors (Lipinski definition) is 3. The van der Waals surface area contributed by atoms with Crippen molar-refractivity contribution in [1.29, 1.82) is 0 Å². The van der Waals surface area contributed by atoms with Gasteiger partial charge in [0.25, 0.3) is 0 Å². The molecule has 0 unspecified atom stereocenters. The molecule has 0 bridgehead atoms. The molecule has 1 aromatic carbocycles. The van der Waals surface area contributed by atoms with E-state index in [1.54, 1.807) is 6.20 Å². The highest BCUT2D eigenvalue weighted by Gasteiger charge is 2.01. The Morgan fingerprint density at radius 1 is 1.16 bits per heavy atom. The summed E-state index contributed by atoms with van der Waals surface area (Å²) in [4.78, 5) is 7.51. The summed E-state index contributed by atoms with van der Waals surface area (Å²) in [7, 11) is 0. The molecule has 0 amide bonds. The van der Waals surface area contributed by atoms with Crippen LogP contribution >= 0.6 is 0 Å². The van der Waals surface area contributed by atoms with Crippen molar-refractivity contribution in [2.45, 2.75) is 6.92 Å². The van der Waals surface area contributed by atoms with Crippen LogP contribution < -0.4 is 5.43 Å². The lowest BCUT2D eigenvalue weighted by atomic mass is 10.2. The second kappa shape index (κ2) is 4.94. The average Bonchev–Trinajstić information content (AvgIpc) is 2.99. The number of aromatic nitrogens is 2. The van der Waals surface area contributed by atoms with Crippen molar-refractivity contribution in [2.75, 3.05) is 5.43 Å². The minimum absolute atomic E-state index is 0.901. The maximum Gasteiger partial charge on any atom is 0.0951 e. The molecule has 0 atom stereocenters. The number of nitrogens with one attached hydrogen (secondary N) is 2. The van der Waals surface area contributed by atoms with Gasteiger partial charge >= 0.3 is 0 Å². The molecule has 0 aliphatic heterocycles. The summed E-state index contributed by atoms with van der Waals surface area (Å²) in [5, 5.41) is 5.48. The van der Waals surface area contributed by atoms with Crippen LogP contribution in [0.3, 0.4) is 0 Å². The van der Waals surface area contributed by atoms with E-state index in [2.05, 4.69) is 20.5 Å². The fourth-order valence-electron chi connectivity index (χ4n) is 1.95. The molecule has 0 fully saturated rings. The Morgan fingerprint density at radius 3 is 2.89 bits per heavy atom. The third kappa shape index (κ3) is 2.33. The van der Waals surface area contributed by atoms with Gasteiger partial charge in [-0.25, -0.2) is 0 Å². The largest absolute Gasteiger partial charge is 0.360 e. The number of hydrazone groups is 1. The molecule has 94 valence electrons. The quantitative estimate of drug-likeness (QED) is 0.553. The first-order chi connectivity index (χ1) is 9.34. The number of anilines is 1. The zero-order valence-electron chi connectivity index (χ0n) is 10.6. The summed E-state index contributed by atoms with van der Waals surface area (Å²) in [5.41, 5.74) is 6.81. The highest BCUT2D eigenvalue weighted by Crippen LogP contribution is 2.20.